The first-order valence-corrected chi connectivity index (χ1v) is 9.93. The predicted molar refractivity (Wildman–Crippen MR) is 111 cm³/mol. The average Bonchev–Trinajstić information content (AvgIpc) is 3.37. The van der Waals surface area contributed by atoms with E-state index in [9.17, 15) is 19.3 Å². The third-order valence-corrected chi connectivity index (χ3v) is 5.68. The number of aromatic nitrogens is 1. The van der Waals surface area contributed by atoms with E-state index in [1.54, 1.807) is 0 Å². The van der Waals surface area contributed by atoms with Crippen molar-refractivity contribution in [1.82, 2.24) is 4.98 Å². The minimum absolute atomic E-state index is 0.120. The van der Waals surface area contributed by atoms with Crippen LogP contribution >= 0.6 is 22.7 Å². The number of nitro groups is 1. The van der Waals surface area contributed by atoms with Crippen molar-refractivity contribution in [2.24, 2.45) is 5.10 Å². The molecule has 0 N–H and O–H groups in total. The van der Waals surface area contributed by atoms with E-state index in [4.69, 9.17) is 0 Å². The van der Waals surface area contributed by atoms with Crippen LogP contribution in [0, 0.1) is 15.9 Å². The Morgan fingerprint density at radius 3 is 2.69 bits per heavy atom. The lowest BCUT2D eigenvalue weighted by Crippen LogP contribution is -2.25. The highest BCUT2D eigenvalue weighted by atomic mass is 32.1. The maximum atomic E-state index is 13.5. The fraction of sp³-hybridized carbons (Fsp3) is 0. The molecule has 0 aliphatic carbocycles. The van der Waals surface area contributed by atoms with E-state index in [1.807, 2.05) is 17.5 Å². The summed E-state index contributed by atoms with van der Waals surface area (Å²) in [5, 5.41) is 18.4. The molecule has 29 heavy (non-hydrogen) atoms. The highest BCUT2D eigenvalue weighted by Crippen LogP contribution is 2.31. The monoisotopic (exact) mass is 426 g/mol. The molecular weight excluding hydrogens is 415 g/mol. The van der Waals surface area contributed by atoms with Crippen LogP contribution in [0.25, 0.3) is 10.2 Å². The maximum Gasteiger partial charge on any atom is 0.280 e. The Hall–Kier alpha value is -3.50. The van der Waals surface area contributed by atoms with Crippen LogP contribution in [0.2, 0.25) is 0 Å². The summed E-state index contributed by atoms with van der Waals surface area (Å²) in [4.78, 5) is 28.6. The third-order valence-electron chi connectivity index (χ3n) is 3.88. The molecule has 4 rings (SSSR count). The fourth-order valence-electron chi connectivity index (χ4n) is 2.49. The van der Waals surface area contributed by atoms with Crippen LogP contribution in [-0.2, 0) is 0 Å². The number of fused-ring (bicyclic) bond motifs is 1. The van der Waals surface area contributed by atoms with Crippen molar-refractivity contribution < 1.29 is 14.1 Å². The molecule has 0 aliphatic heterocycles. The normalized spacial score (nSPS) is 11.2. The molecule has 2 aromatic carbocycles. The first-order chi connectivity index (χ1) is 14.0. The Morgan fingerprint density at radius 2 is 2.00 bits per heavy atom. The van der Waals surface area contributed by atoms with Gasteiger partial charge in [0.2, 0.25) is 5.13 Å². The summed E-state index contributed by atoms with van der Waals surface area (Å²) >= 11 is 2.57. The molecule has 7 nitrogen and oxygen atoms in total. The number of benzene rings is 2. The summed E-state index contributed by atoms with van der Waals surface area (Å²) in [7, 11) is 0. The molecular formula is C19H11FN4O3S2. The van der Waals surface area contributed by atoms with Crippen LogP contribution in [0.1, 0.15) is 15.2 Å². The molecule has 0 fully saturated rings. The van der Waals surface area contributed by atoms with E-state index < -0.39 is 16.6 Å². The van der Waals surface area contributed by atoms with Gasteiger partial charge in [0.05, 0.1) is 21.4 Å². The van der Waals surface area contributed by atoms with E-state index in [2.05, 4.69) is 10.1 Å². The number of hydrogen-bond acceptors (Lipinski definition) is 7. The van der Waals surface area contributed by atoms with Crippen LogP contribution in [-0.4, -0.2) is 22.0 Å². The van der Waals surface area contributed by atoms with Crippen molar-refractivity contribution in [2.75, 3.05) is 5.01 Å². The van der Waals surface area contributed by atoms with Gasteiger partial charge >= 0.3 is 0 Å². The number of nitrogens with zero attached hydrogens (tertiary/aromatic N) is 4. The smallest absolute Gasteiger partial charge is 0.267 e. The van der Waals surface area contributed by atoms with Crippen molar-refractivity contribution in [2.45, 2.75) is 0 Å². The lowest BCUT2D eigenvalue weighted by molar-refractivity contribution is -0.384. The van der Waals surface area contributed by atoms with Crippen molar-refractivity contribution in [3.63, 3.8) is 0 Å². The van der Waals surface area contributed by atoms with Gasteiger partial charge in [0.15, 0.2) is 0 Å². The molecule has 0 unspecified atom stereocenters. The van der Waals surface area contributed by atoms with Gasteiger partial charge in [-0.1, -0.05) is 17.4 Å². The summed E-state index contributed by atoms with van der Waals surface area (Å²) in [5.41, 5.74) is 0.634. The number of hydrazone groups is 1. The Labute approximate surface area is 171 Å². The zero-order valence-electron chi connectivity index (χ0n) is 14.6. The highest BCUT2D eigenvalue weighted by molar-refractivity contribution is 7.22. The van der Waals surface area contributed by atoms with Gasteiger partial charge in [-0.3, -0.25) is 14.9 Å². The van der Waals surface area contributed by atoms with Crippen LogP contribution in [0.5, 0.6) is 0 Å². The molecule has 0 radical (unpaired) electrons. The number of thiophene rings is 1. The molecule has 4 aromatic rings. The van der Waals surface area contributed by atoms with Gasteiger partial charge < -0.3 is 0 Å². The molecule has 2 heterocycles. The number of carbonyl (C=O) groups is 1. The topological polar surface area (TPSA) is 88.7 Å². The summed E-state index contributed by atoms with van der Waals surface area (Å²) in [6.07, 6.45) is 1.53. The number of amides is 1. The van der Waals surface area contributed by atoms with Crippen molar-refractivity contribution in [3.8, 4) is 0 Å². The SMILES string of the molecule is O=C(c1ccc([N+](=O)[O-])cc1)N(/N=C/c1cccs1)c1nc2ccc(F)cc2s1. The van der Waals surface area contributed by atoms with E-state index in [0.29, 0.717) is 10.2 Å². The second kappa shape index (κ2) is 7.86. The predicted octanol–water partition coefficient (Wildman–Crippen LogP) is 5.09. The van der Waals surface area contributed by atoms with E-state index >= 15 is 0 Å². The third kappa shape index (κ3) is 4.03. The van der Waals surface area contributed by atoms with Gasteiger partial charge in [-0.15, -0.1) is 11.3 Å². The standard InChI is InChI=1S/C19H11FN4O3S2/c20-13-5-8-16-17(10-13)29-19(22-16)23(21-11-15-2-1-9-28-15)18(25)12-3-6-14(7-4-12)24(26)27/h1-11H/b21-11+. The quantitative estimate of drug-likeness (QED) is 0.253. The lowest BCUT2D eigenvalue weighted by atomic mass is 10.2. The van der Waals surface area contributed by atoms with Crippen LogP contribution in [0.15, 0.2) is 65.1 Å². The highest BCUT2D eigenvalue weighted by Gasteiger charge is 2.22. The van der Waals surface area contributed by atoms with Gasteiger partial charge in [0.25, 0.3) is 11.6 Å². The van der Waals surface area contributed by atoms with Crippen LogP contribution < -0.4 is 5.01 Å². The number of carbonyl (C=O) groups excluding carboxylic acids is 1. The molecule has 0 spiro atoms. The summed E-state index contributed by atoms with van der Waals surface area (Å²) < 4.78 is 14.1. The minimum atomic E-state index is -0.539. The van der Waals surface area contributed by atoms with Crippen molar-refractivity contribution >= 4 is 55.8 Å². The largest absolute Gasteiger partial charge is 0.280 e. The van der Waals surface area contributed by atoms with Gasteiger partial charge in [-0.25, -0.2) is 9.37 Å². The number of rotatable bonds is 5. The molecule has 0 atom stereocenters. The summed E-state index contributed by atoms with van der Waals surface area (Å²) in [6, 6.07) is 13.1. The Kier molecular flexibility index (Phi) is 5.10. The molecule has 0 saturated carbocycles. The Bertz CT molecular complexity index is 1220. The lowest BCUT2D eigenvalue weighted by Gasteiger charge is -2.13. The Balaban J connectivity index is 1.74. The maximum absolute atomic E-state index is 13.5. The molecule has 0 aliphatic rings. The number of anilines is 1. The van der Waals surface area contributed by atoms with Crippen LogP contribution in [0.3, 0.4) is 0 Å². The molecule has 10 heteroatoms. The zero-order valence-corrected chi connectivity index (χ0v) is 16.2. The van der Waals surface area contributed by atoms with E-state index in [0.717, 1.165) is 21.2 Å². The first-order valence-electron chi connectivity index (χ1n) is 8.24. The number of non-ortho nitro benzene ring substituents is 1. The molecule has 0 saturated heterocycles. The van der Waals surface area contributed by atoms with Gasteiger partial charge in [-0.2, -0.15) is 10.1 Å². The van der Waals surface area contributed by atoms with Crippen molar-refractivity contribution in [3.05, 3.63) is 86.3 Å². The molecule has 2 aromatic heterocycles. The Morgan fingerprint density at radius 1 is 1.21 bits per heavy atom. The van der Waals surface area contributed by atoms with Gasteiger partial charge in [0, 0.05) is 22.6 Å². The summed E-state index contributed by atoms with van der Waals surface area (Å²) in [6.45, 7) is 0. The zero-order chi connectivity index (χ0) is 20.4. The molecule has 144 valence electrons. The van der Waals surface area contributed by atoms with E-state index in [1.165, 1.54) is 60.0 Å². The van der Waals surface area contributed by atoms with Gasteiger partial charge in [-0.05, 0) is 41.8 Å². The fourth-order valence-corrected chi connectivity index (χ4v) is 4.02. The number of halogens is 1. The molecule has 1 amide bonds. The van der Waals surface area contributed by atoms with E-state index in [-0.39, 0.29) is 16.4 Å². The number of hydrogen-bond donors (Lipinski definition) is 0. The minimum Gasteiger partial charge on any atom is -0.267 e. The number of thiazole rings is 1. The van der Waals surface area contributed by atoms with Crippen molar-refractivity contribution in [1.29, 1.82) is 0 Å². The molecule has 0 bridgehead atoms. The second-order valence-electron chi connectivity index (χ2n) is 5.79. The second-order valence-corrected chi connectivity index (χ2v) is 7.78. The van der Waals surface area contributed by atoms with Crippen LogP contribution in [0.4, 0.5) is 15.2 Å². The first kappa shape index (κ1) is 18.8. The summed E-state index contributed by atoms with van der Waals surface area (Å²) in [5.74, 6) is -0.907. The number of nitro benzene ring substituents is 1. The van der Waals surface area contributed by atoms with Gasteiger partial charge in [0.1, 0.15) is 5.82 Å². The average molecular weight is 426 g/mol.